The molecule has 1 heterocycles. The number of hydrogen-bond donors (Lipinski definition) is 1. The highest BCUT2D eigenvalue weighted by molar-refractivity contribution is 7.16. The van der Waals surface area contributed by atoms with E-state index in [1.165, 1.54) is 24.3 Å². The molecular formula is C10H12N2O3S. The average Bonchev–Trinajstić information content (AvgIpc) is 2.62. The van der Waals surface area contributed by atoms with E-state index in [2.05, 4.69) is 10.3 Å². The van der Waals surface area contributed by atoms with Gasteiger partial charge in [-0.1, -0.05) is 11.3 Å². The summed E-state index contributed by atoms with van der Waals surface area (Å²) in [7, 11) is 0. The van der Waals surface area contributed by atoms with Gasteiger partial charge in [-0.2, -0.15) is 0 Å². The molecule has 0 unspecified atom stereocenters. The predicted molar refractivity (Wildman–Crippen MR) is 62.1 cm³/mol. The van der Waals surface area contributed by atoms with Crippen molar-refractivity contribution in [1.82, 2.24) is 4.98 Å². The first kappa shape index (κ1) is 12.4. The van der Waals surface area contributed by atoms with Crippen molar-refractivity contribution < 1.29 is 14.3 Å². The lowest BCUT2D eigenvalue weighted by molar-refractivity contribution is -0.137. The number of esters is 1. The number of ether oxygens (including phenoxy) is 1. The van der Waals surface area contributed by atoms with Crippen molar-refractivity contribution in [2.45, 2.75) is 13.8 Å². The number of nitrogens with one attached hydrogen (secondary N) is 1. The zero-order valence-corrected chi connectivity index (χ0v) is 9.84. The van der Waals surface area contributed by atoms with Crippen LogP contribution < -0.4 is 5.32 Å². The molecule has 6 heteroatoms. The molecule has 1 N–H and O–H groups in total. The van der Waals surface area contributed by atoms with Gasteiger partial charge in [-0.3, -0.25) is 4.79 Å². The van der Waals surface area contributed by atoms with Gasteiger partial charge in [0.1, 0.15) is 0 Å². The van der Waals surface area contributed by atoms with Gasteiger partial charge >= 0.3 is 5.97 Å². The fraction of sp³-hybridized carbons (Fsp3) is 0.300. The Morgan fingerprint density at radius 1 is 1.62 bits per heavy atom. The third kappa shape index (κ3) is 4.22. The van der Waals surface area contributed by atoms with Gasteiger partial charge in [-0.25, -0.2) is 9.78 Å². The highest BCUT2D eigenvalue weighted by Crippen LogP contribution is 2.19. The molecule has 86 valence electrons. The summed E-state index contributed by atoms with van der Waals surface area (Å²) >= 11 is 1.28. The zero-order valence-electron chi connectivity index (χ0n) is 9.02. The van der Waals surface area contributed by atoms with Crippen LogP contribution >= 0.6 is 11.3 Å². The highest BCUT2D eigenvalue weighted by atomic mass is 32.1. The fourth-order valence-corrected chi connectivity index (χ4v) is 1.68. The van der Waals surface area contributed by atoms with Crippen LogP contribution in [0.4, 0.5) is 5.13 Å². The van der Waals surface area contributed by atoms with Gasteiger partial charge in [0.05, 0.1) is 6.61 Å². The number of rotatable bonds is 4. The van der Waals surface area contributed by atoms with Crippen molar-refractivity contribution in [3.05, 3.63) is 17.2 Å². The number of anilines is 1. The molecule has 1 aromatic rings. The molecule has 0 fully saturated rings. The van der Waals surface area contributed by atoms with Crippen LogP contribution in [0.5, 0.6) is 0 Å². The number of carbonyl (C=O) groups excluding carboxylic acids is 2. The molecule has 0 aromatic carbocycles. The Labute approximate surface area is 97.1 Å². The largest absolute Gasteiger partial charge is 0.463 e. The first-order chi connectivity index (χ1) is 7.61. The Morgan fingerprint density at radius 3 is 3.00 bits per heavy atom. The second-order valence-electron chi connectivity index (χ2n) is 2.83. The number of thiazole rings is 1. The van der Waals surface area contributed by atoms with Crippen LogP contribution in [-0.2, 0) is 14.3 Å². The second-order valence-corrected chi connectivity index (χ2v) is 3.90. The van der Waals surface area contributed by atoms with Crippen LogP contribution in [0.1, 0.15) is 18.7 Å². The van der Waals surface area contributed by atoms with Gasteiger partial charge in [0.25, 0.3) is 0 Å². The van der Waals surface area contributed by atoms with Crippen molar-refractivity contribution >= 4 is 34.4 Å². The summed E-state index contributed by atoms with van der Waals surface area (Å²) in [5.41, 5.74) is 0. The van der Waals surface area contributed by atoms with Gasteiger partial charge in [0, 0.05) is 24.1 Å². The third-order valence-corrected chi connectivity index (χ3v) is 2.35. The van der Waals surface area contributed by atoms with Crippen molar-refractivity contribution in [2.24, 2.45) is 0 Å². The molecule has 1 aromatic heterocycles. The molecular weight excluding hydrogens is 228 g/mol. The van der Waals surface area contributed by atoms with Crippen molar-refractivity contribution in [3.8, 4) is 0 Å². The molecule has 16 heavy (non-hydrogen) atoms. The molecule has 0 aliphatic carbocycles. The summed E-state index contributed by atoms with van der Waals surface area (Å²) in [6, 6.07) is 0. The first-order valence-electron chi connectivity index (χ1n) is 4.70. The Morgan fingerprint density at radius 2 is 2.38 bits per heavy atom. The number of carbonyl (C=O) groups is 2. The van der Waals surface area contributed by atoms with E-state index in [1.54, 1.807) is 19.2 Å². The fourth-order valence-electron chi connectivity index (χ4n) is 0.913. The van der Waals surface area contributed by atoms with Crippen LogP contribution in [0.25, 0.3) is 6.08 Å². The molecule has 0 aliphatic heterocycles. The van der Waals surface area contributed by atoms with E-state index in [9.17, 15) is 9.59 Å². The highest BCUT2D eigenvalue weighted by Gasteiger charge is 2.01. The van der Waals surface area contributed by atoms with Gasteiger partial charge < -0.3 is 10.1 Å². The van der Waals surface area contributed by atoms with Crippen LogP contribution in [0.2, 0.25) is 0 Å². The molecule has 0 bridgehead atoms. The summed E-state index contributed by atoms with van der Waals surface area (Å²) in [4.78, 5) is 26.5. The number of amides is 1. The van der Waals surface area contributed by atoms with Crippen LogP contribution in [0.15, 0.2) is 12.3 Å². The van der Waals surface area contributed by atoms with E-state index >= 15 is 0 Å². The quantitative estimate of drug-likeness (QED) is 0.642. The Kier molecular flexibility index (Phi) is 4.65. The van der Waals surface area contributed by atoms with Gasteiger partial charge in [-0.05, 0) is 13.0 Å². The lowest BCUT2D eigenvalue weighted by Gasteiger charge is -1.93. The maximum absolute atomic E-state index is 11.0. The average molecular weight is 240 g/mol. The minimum absolute atomic E-state index is 0.171. The summed E-state index contributed by atoms with van der Waals surface area (Å²) < 4.78 is 4.72. The Bertz CT molecular complexity index is 412. The maximum Gasteiger partial charge on any atom is 0.330 e. The van der Waals surface area contributed by atoms with E-state index in [0.717, 1.165) is 4.88 Å². The molecule has 0 aliphatic rings. The first-order valence-corrected chi connectivity index (χ1v) is 5.51. The lowest BCUT2D eigenvalue weighted by atomic mass is 10.4. The summed E-state index contributed by atoms with van der Waals surface area (Å²) in [5.74, 6) is -0.563. The summed E-state index contributed by atoms with van der Waals surface area (Å²) in [5, 5.41) is 3.07. The van der Waals surface area contributed by atoms with Gasteiger partial charge in [0.15, 0.2) is 5.13 Å². The normalized spacial score (nSPS) is 10.4. The van der Waals surface area contributed by atoms with Crippen LogP contribution in [0, 0.1) is 0 Å². The minimum atomic E-state index is -0.392. The minimum Gasteiger partial charge on any atom is -0.463 e. The van der Waals surface area contributed by atoms with E-state index in [1.807, 2.05) is 0 Å². The van der Waals surface area contributed by atoms with Crippen molar-refractivity contribution in [1.29, 1.82) is 0 Å². The monoisotopic (exact) mass is 240 g/mol. The van der Waals surface area contributed by atoms with Gasteiger partial charge in [0.2, 0.25) is 5.91 Å². The number of nitrogens with zero attached hydrogens (tertiary/aromatic N) is 1. The zero-order chi connectivity index (χ0) is 12.0. The standard InChI is InChI=1S/C10H12N2O3S/c1-3-15-9(14)5-4-8-6-11-10(16-8)12-7(2)13/h4-6H,3H2,1-2H3,(H,11,12,13). The Hall–Kier alpha value is -1.69. The third-order valence-electron chi connectivity index (χ3n) is 1.48. The topological polar surface area (TPSA) is 68.3 Å². The van der Waals surface area contributed by atoms with Crippen LogP contribution in [0.3, 0.4) is 0 Å². The molecule has 0 saturated carbocycles. The lowest BCUT2D eigenvalue weighted by Crippen LogP contribution is -2.04. The SMILES string of the molecule is CCOC(=O)C=Cc1cnc(NC(C)=O)s1. The molecule has 0 radical (unpaired) electrons. The maximum atomic E-state index is 11.0. The summed E-state index contributed by atoms with van der Waals surface area (Å²) in [6.07, 6.45) is 4.50. The van der Waals surface area contributed by atoms with Crippen molar-refractivity contribution in [3.63, 3.8) is 0 Å². The van der Waals surface area contributed by atoms with Crippen LogP contribution in [-0.4, -0.2) is 23.5 Å². The van der Waals surface area contributed by atoms with Crippen molar-refractivity contribution in [2.75, 3.05) is 11.9 Å². The summed E-state index contributed by atoms with van der Waals surface area (Å²) in [6.45, 7) is 3.51. The molecule has 0 atom stereocenters. The van der Waals surface area contributed by atoms with E-state index in [0.29, 0.717) is 11.7 Å². The van der Waals surface area contributed by atoms with E-state index in [4.69, 9.17) is 4.74 Å². The van der Waals surface area contributed by atoms with E-state index in [-0.39, 0.29) is 5.91 Å². The number of hydrogen-bond acceptors (Lipinski definition) is 5. The smallest absolute Gasteiger partial charge is 0.330 e. The molecule has 5 nitrogen and oxygen atoms in total. The molecule has 1 amide bonds. The predicted octanol–water partition coefficient (Wildman–Crippen LogP) is 1.68. The number of aromatic nitrogens is 1. The van der Waals surface area contributed by atoms with E-state index < -0.39 is 5.97 Å². The molecule has 0 spiro atoms. The Balaban J connectivity index is 2.58. The molecule has 1 rings (SSSR count). The second kappa shape index (κ2) is 6.02. The molecule has 0 saturated heterocycles. The van der Waals surface area contributed by atoms with Gasteiger partial charge in [-0.15, -0.1) is 0 Å².